The predicted octanol–water partition coefficient (Wildman–Crippen LogP) is 7.91. The number of hydrogen-bond donors (Lipinski definition) is 0. The van der Waals surface area contributed by atoms with Crippen LogP contribution in [0.5, 0.6) is 0 Å². The first-order valence-electron chi connectivity index (χ1n) is 6.48. The highest BCUT2D eigenvalue weighted by Crippen LogP contribution is 1.92. The molecule has 0 heteroatoms. The largest absolute Gasteiger partial charge is 0.100 e. The summed E-state index contributed by atoms with van der Waals surface area (Å²) in [4.78, 5) is 0. The van der Waals surface area contributed by atoms with Crippen molar-refractivity contribution < 1.29 is 0 Å². The second kappa shape index (κ2) is 26.3. The highest BCUT2D eigenvalue weighted by molar-refractivity contribution is 5.18. The van der Waals surface area contributed by atoms with Crippen molar-refractivity contribution >= 4 is 0 Å². The van der Waals surface area contributed by atoms with Gasteiger partial charge in [-0.25, -0.2) is 0 Å². The fraction of sp³-hybridized carbons (Fsp3) is 0.500. The summed E-state index contributed by atoms with van der Waals surface area (Å²) in [7, 11) is 0. The van der Waals surface area contributed by atoms with Crippen LogP contribution in [0.2, 0.25) is 0 Å². The normalized spacial score (nSPS) is 8.15. The quantitative estimate of drug-likeness (QED) is 0.364. The summed E-state index contributed by atoms with van der Waals surface area (Å²) in [6.45, 7) is 21.5. The minimum absolute atomic E-state index is 0. The fourth-order valence-corrected chi connectivity index (χ4v) is 0.641. The van der Waals surface area contributed by atoms with E-state index in [9.17, 15) is 0 Å². The summed E-state index contributed by atoms with van der Waals surface area (Å²) in [6.07, 6.45) is 11.4. The Kier molecular flexibility index (Phi) is 41.0. The van der Waals surface area contributed by atoms with E-state index < -0.39 is 0 Å². The maximum atomic E-state index is 3.74. The molecule has 20 heavy (non-hydrogen) atoms. The van der Waals surface area contributed by atoms with Crippen molar-refractivity contribution in [3.8, 4) is 0 Å². The second-order valence-electron chi connectivity index (χ2n) is 4.63. The van der Waals surface area contributed by atoms with Gasteiger partial charge in [0.2, 0.25) is 0 Å². The van der Waals surface area contributed by atoms with E-state index in [1.165, 1.54) is 11.1 Å². The van der Waals surface area contributed by atoms with Crippen LogP contribution >= 0.6 is 0 Å². The van der Waals surface area contributed by atoms with Crippen molar-refractivity contribution in [1.82, 2.24) is 0 Å². The average molecular weight is 281 g/mol. The molecule has 0 N–H and O–H groups in total. The Morgan fingerprint density at radius 2 is 1.35 bits per heavy atom. The predicted molar refractivity (Wildman–Crippen MR) is 102 cm³/mol. The van der Waals surface area contributed by atoms with Crippen LogP contribution in [0.15, 0.2) is 60.3 Å². The van der Waals surface area contributed by atoms with Gasteiger partial charge in [-0.2, -0.15) is 0 Å². The topological polar surface area (TPSA) is 0 Å². The molecule has 120 valence electrons. The minimum atomic E-state index is 0. The summed E-state index contributed by atoms with van der Waals surface area (Å²) in [5.41, 5.74) is 3.57. The third-order valence-electron chi connectivity index (χ3n) is 1.28. The molecule has 0 spiro atoms. The van der Waals surface area contributed by atoms with Crippen molar-refractivity contribution in [1.29, 1.82) is 0 Å². The van der Waals surface area contributed by atoms with Crippen LogP contribution in [0.1, 0.15) is 69.7 Å². The van der Waals surface area contributed by atoms with E-state index in [0.29, 0.717) is 0 Å². The molecule has 0 fully saturated rings. The van der Waals surface area contributed by atoms with Gasteiger partial charge in [0.1, 0.15) is 0 Å². The summed E-state index contributed by atoms with van der Waals surface area (Å²) < 4.78 is 0. The maximum Gasteiger partial charge on any atom is -0.0379 e. The Bertz CT molecular complexity index is 277. The van der Waals surface area contributed by atoms with E-state index >= 15 is 0 Å². The van der Waals surface area contributed by atoms with Gasteiger partial charge < -0.3 is 0 Å². The molecule has 0 nitrogen and oxygen atoms in total. The zero-order valence-electron chi connectivity index (χ0n) is 13.5. The standard InChI is InChI=1S/C9H14.C5H10.C4H8.2CH4/c1-8(2)6-5-7-9(3)4;1-3-5-4-2;1-4(2)3;;/h5-7H,1H2,2-4H3;3,5H,4H2,1-2H3;1H2,2-3H3;2*1H4/b6-5-;5-3-;;;. The van der Waals surface area contributed by atoms with Gasteiger partial charge in [0.25, 0.3) is 0 Å². The summed E-state index contributed by atoms with van der Waals surface area (Å²) in [5.74, 6) is 0. The lowest BCUT2D eigenvalue weighted by Gasteiger charge is -1.83. The Morgan fingerprint density at radius 1 is 0.950 bits per heavy atom. The number of allylic oxidation sites excluding steroid dienone is 8. The lowest BCUT2D eigenvalue weighted by molar-refractivity contribution is 1.22. The smallest absolute Gasteiger partial charge is 0.0379 e. The van der Waals surface area contributed by atoms with E-state index in [1.54, 1.807) is 0 Å². The van der Waals surface area contributed by atoms with Gasteiger partial charge in [0.15, 0.2) is 0 Å². The first-order chi connectivity index (χ1) is 8.27. The van der Waals surface area contributed by atoms with Crippen LogP contribution in [0.25, 0.3) is 0 Å². The van der Waals surface area contributed by atoms with Crippen molar-refractivity contribution in [2.45, 2.75) is 69.7 Å². The van der Waals surface area contributed by atoms with Crippen LogP contribution < -0.4 is 0 Å². The SMILES string of the molecule is C.C.C/C=C\CC.C=C(C)/C=C\C=C(C)C.C=C(C)C. The molecule has 0 amide bonds. The molecule has 0 atom stereocenters. The van der Waals surface area contributed by atoms with Gasteiger partial charge in [-0.05, 0) is 48.0 Å². The molecule has 0 aliphatic carbocycles. The molecular formula is C20H40. The molecule has 0 aromatic heterocycles. The maximum absolute atomic E-state index is 3.74. The van der Waals surface area contributed by atoms with Crippen LogP contribution in [-0.2, 0) is 0 Å². The van der Waals surface area contributed by atoms with Gasteiger partial charge in [-0.15, -0.1) is 6.58 Å². The van der Waals surface area contributed by atoms with Crippen LogP contribution in [0, 0.1) is 0 Å². The lowest BCUT2D eigenvalue weighted by atomic mass is 10.2. The van der Waals surface area contributed by atoms with Gasteiger partial charge in [0.05, 0.1) is 0 Å². The summed E-state index contributed by atoms with van der Waals surface area (Å²) >= 11 is 0. The molecule has 0 saturated heterocycles. The van der Waals surface area contributed by atoms with E-state index in [4.69, 9.17) is 0 Å². The molecule has 0 aliphatic rings. The Balaban J connectivity index is -0.0000000591. The number of rotatable bonds is 3. The zero-order valence-corrected chi connectivity index (χ0v) is 13.5. The lowest BCUT2D eigenvalue weighted by Crippen LogP contribution is -1.61. The van der Waals surface area contributed by atoms with Crippen molar-refractivity contribution in [2.24, 2.45) is 0 Å². The Morgan fingerprint density at radius 3 is 1.50 bits per heavy atom. The molecule has 0 saturated carbocycles. The molecule has 0 bridgehead atoms. The van der Waals surface area contributed by atoms with Crippen LogP contribution in [0.3, 0.4) is 0 Å². The Hall–Kier alpha value is -1.30. The Labute approximate surface area is 130 Å². The highest BCUT2D eigenvalue weighted by Gasteiger charge is 1.71. The minimum Gasteiger partial charge on any atom is -0.100 e. The van der Waals surface area contributed by atoms with E-state index in [1.807, 2.05) is 39.8 Å². The third kappa shape index (κ3) is 91.7. The van der Waals surface area contributed by atoms with Gasteiger partial charge in [0, 0.05) is 0 Å². The fourth-order valence-electron chi connectivity index (χ4n) is 0.641. The van der Waals surface area contributed by atoms with E-state index in [0.717, 1.165) is 12.0 Å². The second-order valence-corrected chi connectivity index (χ2v) is 4.63. The molecular weight excluding hydrogens is 240 g/mol. The van der Waals surface area contributed by atoms with Crippen LogP contribution in [-0.4, -0.2) is 0 Å². The molecule has 0 rings (SSSR count). The van der Waals surface area contributed by atoms with Crippen LogP contribution in [0.4, 0.5) is 0 Å². The molecule has 0 radical (unpaired) electrons. The molecule has 0 unspecified atom stereocenters. The highest BCUT2D eigenvalue weighted by atomic mass is 13.8. The van der Waals surface area contributed by atoms with Crippen molar-refractivity contribution in [2.75, 3.05) is 0 Å². The average Bonchev–Trinajstić information content (AvgIpc) is 2.17. The van der Waals surface area contributed by atoms with E-state index in [-0.39, 0.29) is 14.9 Å². The van der Waals surface area contributed by atoms with Gasteiger partial charge in [-0.3, -0.25) is 0 Å². The molecule has 0 aromatic rings. The molecule has 0 aromatic carbocycles. The number of hydrogen-bond acceptors (Lipinski definition) is 0. The summed E-state index contributed by atoms with van der Waals surface area (Å²) in [5, 5.41) is 0. The van der Waals surface area contributed by atoms with Crippen molar-refractivity contribution in [3.63, 3.8) is 0 Å². The van der Waals surface area contributed by atoms with Gasteiger partial charge >= 0.3 is 0 Å². The van der Waals surface area contributed by atoms with Gasteiger partial charge in [-0.1, -0.05) is 75.5 Å². The summed E-state index contributed by atoms with van der Waals surface area (Å²) in [6, 6.07) is 0. The zero-order chi connectivity index (χ0) is 15.0. The first-order valence-corrected chi connectivity index (χ1v) is 6.48. The van der Waals surface area contributed by atoms with Crippen molar-refractivity contribution in [3.05, 3.63) is 60.3 Å². The van der Waals surface area contributed by atoms with E-state index in [2.05, 4.69) is 52.2 Å². The third-order valence-corrected chi connectivity index (χ3v) is 1.28. The first kappa shape index (κ1) is 31.2. The molecule has 0 heterocycles. The molecule has 0 aliphatic heterocycles. The monoisotopic (exact) mass is 280 g/mol.